The molecule has 0 bridgehead atoms. The number of carbonyl (C=O) groups is 1. The predicted octanol–water partition coefficient (Wildman–Crippen LogP) is 1.96. The molecule has 27 heavy (non-hydrogen) atoms. The second kappa shape index (κ2) is 6.61. The van der Waals surface area contributed by atoms with Crippen LogP contribution in [0.1, 0.15) is 16.2 Å². The van der Waals surface area contributed by atoms with E-state index in [0.29, 0.717) is 42.5 Å². The molecular formula is C17H18N4O4S2. The zero-order chi connectivity index (χ0) is 19.2. The van der Waals surface area contributed by atoms with Gasteiger partial charge in [0, 0.05) is 38.5 Å². The van der Waals surface area contributed by atoms with Crippen LogP contribution in [-0.2, 0) is 9.84 Å². The minimum atomic E-state index is -3.24. The van der Waals surface area contributed by atoms with Crippen LogP contribution >= 0.6 is 11.3 Å². The van der Waals surface area contributed by atoms with Gasteiger partial charge in [0.05, 0.1) is 15.1 Å². The lowest BCUT2D eigenvalue weighted by molar-refractivity contribution is 0.0736. The topological polar surface area (TPSA) is 96.6 Å². The maximum absolute atomic E-state index is 12.4. The summed E-state index contributed by atoms with van der Waals surface area (Å²) in [6.45, 7) is 4.19. The SMILES string of the molecule is Cc1cc(C(=O)N2CCN(c3nc4ccc(S(C)(=O)=O)cc4s3)CC2)no1. The molecule has 1 aromatic carbocycles. The molecule has 10 heteroatoms. The van der Waals surface area contributed by atoms with Crippen LogP contribution in [-0.4, -0.2) is 61.8 Å². The van der Waals surface area contributed by atoms with Crippen LogP contribution in [0.5, 0.6) is 0 Å². The summed E-state index contributed by atoms with van der Waals surface area (Å²) in [6, 6.07) is 6.62. The van der Waals surface area contributed by atoms with Gasteiger partial charge >= 0.3 is 0 Å². The van der Waals surface area contributed by atoms with E-state index < -0.39 is 9.84 Å². The van der Waals surface area contributed by atoms with Crippen LogP contribution in [0.4, 0.5) is 5.13 Å². The number of amides is 1. The van der Waals surface area contributed by atoms with E-state index in [1.54, 1.807) is 36.1 Å². The van der Waals surface area contributed by atoms with Crippen molar-refractivity contribution >= 4 is 42.4 Å². The summed E-state index contributed by atoms with van der Waals surface area (Å²) >= 11 is 1.46. The lowest BCUT2D eigenvalue weighted by atomic mass is 10.3. The third-order valence-electron chi connectivity index (χ3n) is 4.46. The summed E-state index contributed by atoms with van der Waals surface area (Å²) in [7, 11) is -3.24. The molecule has 0 radical (unpaired) electrons. The average Bonchev–Trinajstić information content (AvgIpc) is 3.26. The summed E-state index contributed by atoms with van der Waals surface area (Å²) in [5.74, 6) is 0.480. The smallest absolute Gasteiger partial charge is 0.276 e. The molecule has 0 spiro atoms. The van der Waals surface area contributed by atoms with Crippen LogP contribution in [0.2, 0.25) is 0 Å². The van der Waals surface area contributed by atoms with E-state index in [1.165, 1.54) is 17.6 Å². The highest BCUT2D eigenvalue weighted by molar-refractivity contribution is 7.90. The van der Waals surface area contributed by atoms with E-state index in [1.807, 2.05) is 0 Å². The van der Waals surface area contributed by atoms with Crippen molar-refractivity contribution in [3.05, 3.63) is 35.7 Å². The van der Waals surface area contributed by atoms with Crippen molar-refractivity contribution in [1.82, 2.24) is 15.0 Å². The molecule has 2 aromatic heterocycles. The number of thiazole rings is 1. The van der Waals surface area contributed by atoms with Gasteiger partial charge < -0.3 is 14.3 Å². The standard InChI is InChI=1S/C17H18N4O4S2/c1-11-9-14(19-25-11)16(22)20-5-7-21(8-6-20)17-18-13-4-3-12(27(2,23)24)10-15(13)26-17/h3-4,9-10H,5-8H2,1-2H3. The molecule has 0 N–H and O–H groups in total. The van der Waals surface area contributed by atoms with Gasteiger partial charge in [-0.3, -0.25) is 4.79 Å². The van der Waals surface area contributed by atoms with Gasteiger partial charge in [-0.1, -0.05) is 16.5 Å². The van der Waals surface area contributed by atoms with Crippen LogP contribution in [0.3, 0.4) is 0 Å². The lowest BCUT2D eigenvalue weighted by Crippen LogP contribution is -2.48. The van der Waals surface area contributed by atoms with E-state index in [-0.39, 0.29) is 5.91 Å². The number of anilines is 1. The van der Waals surface area contributed by atoms with Gasteiger partial charge in [-0.2, -0.15) is 0 Å². The predicted molar refractivity (Wildman–Crippen MR) is 102 cm³/mol. The minimum absolute atomic E-state index is 0.131. The lowest BCUT2D eigenvalue weighted by Gasteiger charge is -2.34. The molecule has 0 aliphatic carbocycles. The van der Waals surface area contributed by atoms with Crippen LogP contribution in [0.15, 0.2) is 33.7 Å². The first kappa shape index (κ1) is 17.9. The minimum Gasteiger partial charge on any atom is -0.361 e. The van der Waals surface area contributed by atoms with Crippen molar-refractivity contribution in [2.45, 2.75) is 11.8 Å². The number of nitrogens with zero attached hydrogens (tertiary/aromatic N) is 4. The Morgan fingerprint density at radius 1 is 1.19 bits per heavy atom. The van der Waals surface area contributed by atoms with Gasteiger partial charge in [0.25, 0.3) is 5.91 Å². The second-order valence-electron chi connectivity index (χ2n) is 6.50. The number of benzene rings is 1. The van der Waals surface area contributed by atoms with Crippen molar-refractivity contribution in [2.24, 2.45) is 0 Å². The largest absolute Gasteiger partial charge is 0.361 e. The fraction of sp³-hybridized carbons (Fsp3) is 0.353. The quantitative estimate of drug-likeness (QED) is 0.656. The van der Waals surface area contributed by atoms with Crippen molar-refractivity contribution in [3.63, 3.8) is 0 Å². The highest BCUT2D eigenvalue weighted by atomic mass is 32.2. The molecular weight excluding hydrogens is 388 g/mol. The number of sulfone groups is 1. The van der Waals surface area contributed by atoms with E-state index >= 15 is 0 Å². The van der Waals surface area contributed by atoms with Crippen LogP contribution < -0.4 is 4.90 Å². The highest BCUT2D eigenvalue weighted by Gasteiger charge is 2.25. The number of fused-ring (bicyclic) bond motifs is 1. The Labute approximate surface area is 160 Å². The third kappa shape index (κ3) is 3.54. The first-order valence-corrected chi connectivity index (χ1v) is 11.1. The molecule has 1 saturated heterocycles. The van der Waals surface area contributed by atoms with E-state index in [4.69, 9.17) is 4.52 Å². The molecule has 0 saturated carbocycles. The number of rotatable bonds is 3. The van der Waals surface area contributed by atoms with Gasteiger partial charge in [0.2, 0.25) is 0 Å². The molecule has 1 amide bonds. The summed E-state index contributed by atoms with van der Waals surface area (Å²) < 4.78 is 29.3. The molecule has 3 aromatic rings. The van der Waals surface area contributed by atoms with E-state index in [2.05, 4.69) is 15.0 Å². The molecule has 8 nitrogen and oxygen atoms in total. The Balaban J connectivity index is 1.48. The van der Waals surface area contributed by atoms with Gasteiger partial charge in [-0.25, -0.2) is 13.4 Å². The van der Waals surface area contributed by atoms with Crippen molar-refractivity contribution in [2.75, 3.05) is 37.3 Å². The maximum Gasteiger partial charge on any atom is 0.276 e. The first-order valence-electron chi connectivity index (χ1n) is 8.39. The monoisotopic (exact) mass is 406 g/mol. The Bertz CT molecular complexity index is 1110. The number of hydrogen-bond acceptors (Lipinski definition) is 8. The number of hydrogen-bond donors (Lipinski definition) is 0. The van der Waals surface area contributed by atoms with Gasteiger partial charge in [-0.05, 0) is 25.1 Å². The molecule has 4 rings (SSSR count). The second-order valence-corrected chi connectivity index (χ2v) is 9.53. The number of aryl methyl sites for hydroxylation is 1. The Hall–Kier alpha value is -2.46. The van der Waals surface area contributed by atoms with Crippen molar-refractivity contribution in [1.29, 1.82) is 0 Å². The maximum atomic E-state index is 12.4. The number of piperazine rings is 1. The highest BCUT2D eigenvalue weighted by Crippen LogP contribution is 2.31. The summed E-state index contributed by atoms with van der Waals surface area (Å²) in [5.41, 5.74) is 1.10. The molecule has 0 unspecified atom stereocenters. The van der Waals surface area contributed by atoms with Crippen LogP contribution in [0, 0.1) is 6.92 Å². The number of carbonyl (C=O) groups excluding carboxylic acids is 1. The molecule has 1 fully saturated rings. The zero-order valence-electron chi connectivity index (χ0n) is 14.9. The Morgan fingerprint density at radius 2 is 1.93 bits per heavy atom. The Kier molecular flexibility index (Phi) is 4.39. The van der Waals surface area contributed by atoms with E-state index in [0.717, 1.165) is 15.3 Å². The first-order chi connectivity index (χ1) is 12.8. The third-order valence-corrected chi connectivity index (χ3v) is 6.65. The normalized spacial score (nSPS) is 15.5. The number of aromatic nitrogens is 2. The zero-order valence-corrected chi connectivity index (χ0v) is 16.5. The van der Waals surface area contributed by atoms with Gasteiger partial charge in [0.1, 0.15) is 5.76 Å². The summed E-state index contributed by atoms with van der Waals surface area (Å²) in [6.07, 6.45) is 1.20. The fourth-order valence-corrected chi connectivity index (χ4v) is 4.77. The van der Waals surface area contributed by atoms with Crippen molar-refractivity contribution in [3.8, 4) is 0 Å². The molecule has 3 heterocycles. The van der Waals surface area contributed by atoms with E-state index in [9.17, 15) is 13.2 Å². The molecule has 142 valence electrons. The fourth-order valence-electron chi connectivity index (χ4n) is 2.99. The van der Waals surface area contributed by atoms with Gasteiger partial charge in [-0.15, -0.1) is 0 Å². The Morgan fingerprint density at radius 3 is 2.56 bits per heavy atom. The average molecular weight is 406 g/mol. The molecule has 1 aliphatic heterocycles. The summed E-state index contributed by atoms with van der Waals surface area (Å²) in [4.78, 5) is 21.2. The molecule has 1 aliphatic rings. The summed E-state index contributed by atoms with van der Waals surface area (Å²) in [5, 5.41) is 4.62. The van der Waals surface area contributed by atoms with Crippen LogP contribution in [0.25, 0.3) is 10.2 Å². The molecule has 0 atom stereocenters. The van der Waals surface area contributed by atoms with Crippen molar-refractivity contribution < 1.29 is 17.7 Å². The van der Waals surface area contributed by atoms with Gasteiger partial charge in [0.15, 0.2) is 20.7 Å².